The third kappa shape index (κ3) is 2.38. The van der Waals surface area contributed by atoms with Crippen LogP contribution in [0.2, 0.25) is 0 Å². The molecule has 0 amide bonds. The van der Waals surface area contributed by atoms with E-state index in [2.05, 4.69) is 38.1 Å². The summed E-state index contributed by atoms with van der Waals surface area (Å²) in [5.41, 5.74) is 15.2. The lowest BCUT2D eigenvalue weighted by atomic mass is 9.69. The molecule has 0 radical (unpaired) electrons. The van der Waals surface area contributed by atoms with Crippen LogP contribution in [-0.4, -0.2) is 11.6 Å². The highest BCUT2D eigenvalue weighted by Gasteiger charge is 2.40. The van der Waals surface area contributed by atoms with E-state index >= 15 is 0 Å². The number of aryl methyl sites for hydroxylation is 1. The van der Waals surface area contributed by atoms with Gasteiger partial charge < -0.3 is 11.5 Å². The van der Waals surface area contributed by atoms with Crippen LogP contribution < -0.4 is 11.5 Å². The fourth-order valence-electron chi connectivity index (χ4n) is 2.95. The highest BCUT2D eigenvalue weighted by Crippen LogP contribution is 2.37. The van der Waals surface area contributed by atoms with Crippen LogP contribution in [0.3, 0.4) is 0 Å². The predicted molar refractivity (Wildman–Crippen MR) is 73.0 cm³/mol. The van der Waals surface area contributed by atoms with E-state index in [1.54, 1.807) is 0 Å². The first-order chi connectivity index (χ1) is 8.04. The van der Waals surface area contributed by atoms with Crippen molar-refractivity contribution in [3.8, 4) is 0 Å². The van der Waals surface area contributed by atoms with E-state index in [4.69, 9.17) is 11.5 Å². The predicted octanol–water partition coefficient (Wildman–Crippen LogP) is 2.70. The van der Waals surface area contributed by atoms with Gasteiger partial charge in [-0.15, -0.1) is 0 Å². The molecule has 4 N–H and O–H groups in total. The Morgan fingerprint density at radius 3 is 2.47 bits per heavy atom. The molecule has 1 aliphatic carbocycles. The molecule has 2 rings (SSSR count). The Kier molecular flexibility index (Phi) is 3.55. The van der Waals surface area contributed by atoms with Gasteiger partial charge in [-0.25, -0.2) is 0 Å². The third-order valence-electron chi connectivity index (χ3n) is 4.45. The van der Waals surface area contributed by atoms with Crippen molar-refractivity contribution in [3.63, 3.8) is 0 Å². The van der Waals surface area contributed by atoms with Gasteiger partial charge in [-0.3, -0.25) is 0 Å². The molecule has 2 heteroatoms. The fraction of sp³-hybridized carbons (Fsp3) is 0.600. The Morgan fingerprint density at radius 1 is 1.24 bits per heavy atom. The van der Waals surface area contributed by atoms with Crippen LogP contribution >= 0.6 is 0 Å². The minimum absolute atomic E-state index is 0.132. The quantitative estimate of drug-likeness (QED) is 0.823. The van der Waals surface area contributed by atoms with Crippen molar-refractivity contribution >= 4 is 0 Å². The normalized spacial score (nSPS) is 31.2. The zero-order valence-electron chi connectivity index (χ0n) is 10.9. The number of hydrogen-bond donors (Lipinski definition) is 2. The highest BCUT2D eigenvalue weighted by molar-refractivity contribution is 5.28. The average molecular weight is 232 g/mol. The van der Waals surface area contributed by atoms with Gasteiger partial charge in [0.2, 0.25) is 0 Å². The maximum atomic E-state index is 6.59. The SMILES string of the molecule is Cc1ccc([C@H](C)C2(N)CCCCC2N)cc1. The first-order valence-electron chi connectivity index (χ1n) is 6.65. The second-order valence-electron chi connectivity index (χ2n) is 5.60. The Labute approximate surface area is 104 Å². The molecule has 0 bridgehead atoms. The summed E-state index contributed by atoms with van der Waals surface area (Å²) in [7, 11) is 0. The van der Waals surface area contributed by atoms with Gasteiger partial charge in [-0.2, -0.15) is 0 Å². The second-order valence-corrected chi connectivity index (χ2v) is 5.60. The number of nitrogens with two attached hydrogens (primary N) is 2. The van der Waals surface area contributed by atoms with Gasteiger partial charge >= 0.3 is 0 Å². The summed E-state index contributed by atoms with van der Waals surface area (Å²) in [4.78, 5) is 0. The summed E-state index contributed by atoms with van der Waals surface area (Å²) in [6.07, 6.45) is 4.54. The van der Waals surface area contributed by atoms with Crippen molar-refractivity contribution in [1.82, 2.24) is 0 Å². The van der Waals surface area contributed by atoms with Gasteiger partial charge in [0, 0.05) is 17.5 Å². The maximum absolute atomic E-state index is 6.59. The summed E-state index contributed by atoms with van der Waals surface area (Å²) in [6, 6.07) is 8.83. The van der Waals surface area contributed by atoms with E-state index < -0.39 is 0 Å². The average Bonchev–Trinajstić information content (AvgIpc) is 2.33. The molecule has 0 saturated heterocycles. The largest absolute Gasteiger partial charge is 0.326 e. The molecular formula is C15H24N2. The van der Waals surface area contributed by atoms with Gasteiger partial charge in [0.05, 0.1) is 0 Å². The Balaban J connectivity index is 2.23. The Hall–Kier alpha value is -0.860. The van der Waals surface area contributed by atoms with E-state index in [-0.39, 0.29) is 11.6 Å². The number of hydrogen-bond acceptors (Lipinski definition) is 2. The lowest BCUT2D eigenvalue weighted by molar-refractivity contribution is 0.218. The van der Waals surface area contributed by atoms with Crippen molar-refractivity contribution in [2.45, 2.75) is 57.0 Å². The molecule has 1 saturated carbocycles. The van der Waals surface area contributed by atoms with Crippen LogP contribution in [-0.2, 0) is 0 Å². The molecule has 1 aromatic rings. The molecule has 94 valence electrons. The molecule has 2 nitrogen and oxygen atoms in total. The summed E-state index contributed by atoms with van der Waals surface area (Å²) in [5.74, 6) is 0.332. The zero-order valence-corrected chi connectivity index (χ0v) is 10.9. The number of benzene rings is 1. The van der Waals surface area contributed by atoms with E-state index in [1.165, 1.54) is 24.0 Å². The van der Waals surface area contributed by atoms with Crippen LogP contribution in [0.5, 0.6) is 0 Å². The highest BCUT2D eigenvalue weighted by atomic mass is 14.9. The Morgan fingerprint density at radius 2 is 1.88 bits per heavy atom. The van der Waals surface area contributed by atoms with Crippen molar-refractivity contribution < 1.29 is 0 Å². The molecule has 3 atom stereocenters. The van der Waals surface area contributed by atoms with E-state index in [0.29, 0.717) is 5.92 Å². The summed E-state index contributed by atoms with van der Waals surface area (Å²) in [6.45, 7) is 4.33. The molecule has 1 aliphatic rings. The molecule has 17 heavy (non-hydrogen) atoms. The van der Waals surface area contributed by atoms with Gasteiger partial charge in [-0.05, 0) is 25.3 Å². The molecule has 0 spiro atoms. The van der Waals surface area contributed by atoms with Crippen molar-refractivity contribution in [1.29, 1.82) is 0 Å². The van der Waals surface area contributed by atoms with E-state index in [9.17, 15) is 0 Å². The molecule has 1 aromatic carbocycles. The fourth-order valence-corrected chi connectivity index (χ4v) is 2.95. The van der Waals surface area contributed by atoms with Crippen molar-refractivity contribution in [3.05, 3.63) is 35.4 Å². The lowest BCUT2D eigenvalue weighted by Crippen LogP contribution is -2.60. The molecule has 0 aromatic heterocycles. The summed E-state index contributed by atoms with van der Waals surface area (Å²) < 4.78 is 0. The minimum Gasteiger partial charge on any atom is -0.326 e. The van der Waals surface area contributed by atoms with Crippen LogP contribution in [0.15, 0.2) is 24.3 Å². The van der Waals surface area contributed by atoms with Gasteiger partial charge in [0.15, 0.2) is 0 Å². The topological polar surface area (TPSA) is 52.0 Å². The first kappa shape index (κ1) is 12.6. The molecule has 2 unspecified atom stereocenters. The zero-order chi connectivity index (χ0) is 12.5. The minimum atomic E-state index is -0.229. The van der Waals surface area contributed by atoms with Gasteiger partial charge in [-0.1, -0.05) is 49.6 Å². The molecule has 1 fully saturated rings. The Bertz CT molecular complexity index is 371. The van der Waals surface area contributed by atoms with E-state index in [1.807, 2.05) is 0 Å². The van der Waals surface area contributed by atoms with Crippen LogP contribution in [0.1, 0.15) is 49.7 Å². The smallest absolute Gasteiger partial charge is 0.0374 e. The standard InChI is InChI=1S/C15H24N2/c1-11-6-8-13(9-7-11)12(2)15(17)10-4-3-5-14(15)16/h6-9,12,14H,3-5,10,16-17H2,1-2H3/t12-,14?,15?/m0/s1. The van der Waals surface area contributed by atoms with Crippen molar-refractivity contribution in [2.75, 3.05) is 0 Å². The van der Waals surface area contributed by atoms with Gasteiger partial charge in [0.25, 0.3) is 0 Å². The monoisotopic (exact) mass is 232 g/mol. The lowest BCUT2D eigenvalue weighted by Gasteiger charge is -2.44. The van der Waals surface area contributed by atoms with Crippen molar-refractivity contribution in [2.24, 2.45) is 11.5 Å². The summed E-state index contributed by atoms with van der Waals surface area (Å²) >= 11 is 0. The molecule has 0 heterocycles. The molecule has 0 aliphatic heterocycles. The third-order valence-corrected chi connectivity index (χ3v) is 4.45. The number of rotatable bonds is 2. The summed E-state index contributed by atoms with van der Waals surface area (Å²) in [5, 5.41) is 0. The van der Waals surface area contributed by atoms with E-state index in [0.717, 1.165) is 12.8 Å². The molecular weight excluding hydrogens is 208 g/mol. The van der Waals surface area contributed by atoms with Crippen LogP contribution in [0.4, 0.5) is 0 Å². The van der Waals surface area contributed by atoms with Gasteiger partial charge in [0.1, 0.15) is 0 Å². The second kappa shape index (κ2) is 4.79. The maximum Gasteiger partial charge on any atom is 0.0374 e. The van der Waals surface area contributed by atoms with Crippen LogP contribution in [0.25, 0.3) is 0 Å². The first-order valence-corrected chi connectivity index (χ1v) is 6.65. The van der Waals surface area contributed by atoms with Crippen LogP contribution in [0, 0.1) is 6.92 Å².